The minimum absolute atomic E-state index is 0.221. The molecule has 0 aromatic carbocycles. The molecule has 0 aliphatic heterocycles. The first-order valence-electron chi connectivity index (χ1n) is 4.50. The van der Waals surface area contributed by atoms with Gasteiger partial charge >= 0.3 is 0 Å². The Kier molecular flexibility index (Phi) is 4.53. The molecule has 1 fully saturated rings. The zero-order chi connectivity index (χ0) is 8.81. The topological polar surface area (TPSA) is 61.7 Å². The molecule has 0 radical (unpaired) electrons. The van der Waals surface area contributed by atoms with Gasteiger partial charge in [-0.3, -0.25) is 4.84 Å². The van der Waals surface area contributed by atoms with Crippen LogP contribution in [0.25, 0.3) is 0 Å². The van der Waals surface area contributed by atoms with Crippen LogP contribution in [0.4, 0.5) is 0 Å². The van der Waals surface area contributed by atoms with Crippen molar-refractivity contribution in [1.29, 1.82) is 0 Å². The molecule has 1 aliphatic carbocycles. The van der Waals surface area contributed by atoms with Gasteiger partial charge in [-0.1, -0.05) is 12.8 Å². The van der Waals surface area contributed by atoms with E-state index in [1.165, 1.54) is 12.8 Å². The number of hydroxylamine groups is 1. The molecule has 1 atom stereocenters. The van der Waals surface area contributed by atoms with E-state index in [-0.39, 0.29) is 6.61 Å². The van der Waals surface area contributed by atoms with Crippen molar-refractivity contribution in [1.82, 2.24) is 5.48 Å². The second-order valence-corrected chi connectivity index (χ2v) is 3.21. The van der Waals surface area contributed by atoms with Gasteiger partial charge in [0.2, 0.25) is 0 Å². The zero-order valence-electron chi connectivity index (χ0n) is 7.20. The molecule has 0 amide bonds. The molecule has 4 nitrogen and oxygen atoms in total. The molecule has 1 aliphatic rings. The lowest BCUT2D eigenvalue weighted by Crippen LogP contribution is -2.32. The number of aliphatic hydroxyl groups excluding tert-OH is 2. The Balaban J connectivity index is 1.94. The van der Waals surface area contributed by atoms with Gasteiger partial charge in [0.05, 0.1) is 18.8 Å². The van der Waals surface area contributed by atoms with Crippen LogP contribution in [0.15, 0.2) is 0 Å². The summed E-state index contributed by atoms with van der Waals surface area (Å²) in [5, 5.41) is 17.4. The fourth-order valence-corrected chi connectivity index (χ4v) is 1.33. The summed E-state index contributed by atoms with van der Waals surface area (Å²) in [4.78, 5) is 5.25. The van der Waals surface area contributed by atoms with Crippen molar-refractivity contribution in [3.8, 4) is 0 Å². The smallest absolute Gasteiger partial charge is 0.0918 e. The molecule has 0 aromatic rings. The van der Waals surface area contributed by atoms with E-state index in [1.54, 1.807) is 0 Å². The fourth-order valence-electron chi connectivity index (χ4n) is 1.33. The molecule has 1 saturated carbocycles. The monoisotopic (exact) mass is 175 g/mol. The van der Waals surface area contributed by atoms with Crippen LogP contribution in [0, 0.1) is 0 Å². The number of nitrogens with one attached hydrogen (secondary N) is 1. The first-order chi connectivity index (χ1) is 5.83. The highest BCUT2D eigenvalue weighted by Gasteiger charge is 2.15. The molecule has 1 rings (SSSR count). The summed E-state index contributed by atoms with van der Waals surface area (Å²) in [5.74, 6) is 0. The average Bonchev–Trinajstić information content (AvgIpc) is 2.57. The molecule has 0 spiro atoms. The Morgan fingerprint density at radius 1 is 1.42 bits per heavy atom. The second-order valence-electron chi connectivity index (χ2n) is 3.21. The number of rotatable bonds is 5. The maximum atomic E-state index is 8.94. The first-order valence-corrected chi connectivity index (χ1v) is 4.50. The Morgan fingerprint density at radius 2 is 2.08 bits per heavy atom. The molecule has 1 unspecified atom stereocenters. The van der Waals surface area contributed by atoms with Crippen LogP contribution in [0.3, 0.4) is 0 Å². The van der Waals surface area contributed by atoms with Crippen molar-refractivity contribution < 1.29 is 15.1 Å². The normalized spacial score (nSPS) is 21.5. The standard InChI is InChI=1S/C8H17NO3/c10-6-7(11)5-9-12-8-3-1-2-4-8/h7-11H,1-6H2. The Hall–Kier alpha value is -0.160. The average molecular weight is 175 g/mol. The highest BCUT2D eigenvalue weighted by atomic mass is 16.7. The predicted octanol–water partition coefficient (Wildman–Crippen LogP) is -0.197. The Labute approximate surface area is 72.5 Å². The van der Waals surface area contributed by atoms with Crippen molar-refractivity contribution in [3.63, 3.8) is 0 Å². The zero-order valence-corrected chi connectivity index (χ0v) is 7.20. The van der Waals surface area contributed by atoms with E-state index in [9.17, 15) is 0 Å². The van der Waals surface area contributed by atoms with Crippen molar-refractivity contribution in [3.05, 3.63) is 0 Å². The molecule has 12 heavy (non-hydrogen) atoms. The summed E-state index contributed by atoms with van der Waals surface area (Å²) in [6.07, 6.45) is 4.25. The lowest BCUT2D eigenvalue weighted by atomic mass is 10.3. The molecular formula is C8H17NO3. The number of hydrogen-bond acceptors (Lipinski definition) is 4. The van der Waals surface area contributed by atoms with Crippen LogP contribution >= 0.6 is 0 Å². The molecule has 4 heteroatoms. The predicted molar refractivity (Wildman–Crippen MR) is 44.4 cm³/mol. The summed E-state index contributed by atoms with van der Waals surface area (Å²) in [7, 11) is 0. The van der Waals surface area contributed by atoms with Gasteiger partial charge in [-0.2, -0.15) is 5.48 Å². The van der Waals surface area contributed by atoms with Gasteiger partial charge in [0.1, 0.15) is 0 Å². The summed E-state index contributed by atoms with van der Waals surface area (Å²) in [6, 6.07) is 0. The van der Waals surface area contributed by atoms with Crippen molar-refractivity contribution in [2.75, 3.05) is 13.2 Å². The van der Waals surface area contributed by atoms with Crippen LogP contribution < -0.4 is 5.48 Å². The summed E-state index contributed by atoms with van der Waals surface area (Å²) < 4.78 is 0. The van der Waals surface area contributed by atoms with Gasteiger partial charge in [-0.25, -0.2) is 0 Å². The highest BCUT2D eigenvalue weighted by molar-refractivity contribution is 4.65. The third kappa shape index (κ3) is 3.49. The quantitative estimate of drug-likeness (QED) is 0.507. The Morgan fingerprint density at radius 3 is 2.67 bits per heavy atom. The van der Waals surface area contributed by atoms with Gasteiger partial charge in [-0.15, -0.1) is 0 Å². The minimum Gasteiger partial charge on any atom is -0.394 e. The van der Waals surface area contributed by atoms with E-state index in [0.717, 1.165) is 12.8 Å². The van der Waals surface area contributed by atoms with Crippen LogP contribution in [0.5, 0.6) is 0 Å². The first kappa shape index (κ1) is 9.92. The summed E-state index contributed by atoms with van der Waals surface area (Å²) in [5.41, 5.74) is 2.67. The Bertz CT molecular complexity index is 115. The maximum absolute atomic E-state index is 8.94. The van der Waals surface area contributed by atoms with Crippen molar-refractivity contribution in [2.24, 2.45) is 0 Å². The van der Waals surface area contributed by atoms with Gasteiger partial charge in [0.15, 0.2) is 0 Å². The summed E-state index contributed by atoms with van der Waals surface area (Å²) in [6.45, 7) is 0.0774. The molecule has 3 N–H and O–H groups in total. The molecule has 0 heterocycles. The molecule has 0 bridgehead atoms. The number of aliphatic hydroxyl groups is 2. The SMILES string of the molecule is OCC(O)CNOC1CCCC1. The lowest BCUT2D eigenvalue weighted by molar-refractivity contribution is -0.0432. The molecular weight excluding hydrogens is 158 g/mol. The van der Waals surface area contributed by atoms with E-state index < -0.39 is 6.10 Å². The van der Waals surface area contributed by atoms with Gasteiger partial charge in [0, 0.05) is 6.54 Å². The van der Waals surface area contributed by atoms with E-state index in [0.29, 0.717) is 12.6 Å². The van der Waals surface area contributed by atoms with E-state index in [1.807, 2.05) is 0 Å². The van der Waals surface area contributed by atoms with E-state index in [2.05, 4.69) is 5.48 Å². The van der Waals surface area contributed by atoms with Crippen molar-refractivity contribution in [2.45, 2.75) is 37.9 Å². The third-order valence-corrected chi connectivity index (χ3v) is 2.08. The summed E-state index contributed by atoms with van der Waals surface area (Å²) >= 11 is 0. The molecule has 0 aromatic heterocycles. The van der Waals surface area contributed by atoms with Crippen LogP contribution in [0.1, 0.15) is 25.7 Å². The lowest BCUT2D eigenvalue weighted by Gasteiger charge is -2.13. The highest BCUT2D eigenvalue weighted by Crippen LogP contribution is 2.19. The fraction of sp³-hybridized carbons (Fsp3) is 1.00. The molecule has 72 valence electrons. The van der Waals surface area contributed by atoms with Gasteiger partial charge < -0.3 is 10.2 Å². The van der Waals surface area contributed by atoms with E-state index >= 15 is 0 Å². The largest absolute Gasteiger partial charge is 0.394 e. The van der Waals surface area contributed by atoms with Crippen molar-refractivity contribution >= 4 is 0 Å². The minimum atomic E-state index is -0.716. The third-order valence-electron chi connectivity index (χ3n) is 2.08. The van der Waals surface area contributed by atoms with Crippen LogP contribution in [-0.4, -0.2) is 35.6 Å². The van der Waals surface area contributed by atoms with Gasteiger partial charge in [-0.05, 0) is 12.8 Å². The second kappa shape index (κ2) is 5.48. The van der Waals surface area contributed by atoms with Crippen LogP contribution in [-0.2, 0) is 4.84 Å². The van der Waals surface area contributed by atoms with Crippen LogP contribution in [0.2, 0.25) is 0 Å². The van der Waals surface area contributed by atoms with Gasteiger partial charge in [0.25, 0.3) is 0 Å². The maximum Gasteiger partial charge on any atom is 0.0918 e. The number of hydrogen-bond donors (Lipinski definition) is 3. The van der Waals surface area contributed by atoms with E-state index in [4.69, 9.17) is 15.1 Å². The molecule has 0 saturated heterocycles.